The summed E-state index contributed by atoms with van der Waals surface area (Å²) in [7, 11) is 1.67. The van der Waals surface area contributed by atoms with E-state index in [0.717, 1.165) is 39.0 Å². The van der Waals surface area contributed by atoms with E-state index >= 15 is 0 Å². The van der Waals surface area contributed by atoms with Gasteiger partial charge in [0.1, 0.15) is 5.75 Å². The van der Waals surface area contributed by atoms with Crippen LogP contribution in [0.2, 0.25) is 0 Å². The number of hydrogen-bond donors (Lipinski definition) is 0. The van der Waals surface area contributed by atoms with Crippen molar-refractivity contribution in [3.8, 4) is 5.75 Å². The van der Waals surface area contributed by atoms with Gasteiger partial charge in [0, 0.05) is 5.69 Å². The number of aryl methyl sites for hydroxylation is 2. The molecule has 0 N–H and O–H groups in total. The summed E-state index contributed by atoms with van der Waals surface area (Å²) in [6.07, 6.45) is 0. The minimum Gasteiger partial charge on any atom is -0.497 e. The van der Waals surface area contributed by atoms with Gasteiger partial charge in [-0.2, -0.15) is 28.4 Å². The van der Waals surface area contributed by atoms with Crippen molar-refractivity contribution in [2.45, 2.75) is 13.8 Å². The molecule has 3 nitrogen and oxygen atoms in total. The monoisotopic (exact) mass is 412 g/mol. The summed E-state index contributed by atoms with van der Waals surface area (Å²) in [5.41, 5.74) is 3.69. The Bertz CT molecular complexity index is 999. The fourth-order valence-electron chi connectivity index (χ4n) is 2.78. The molecule has 0 aliphatic heterocycles. The Balaban J connectivity index is 0.000000408. The molecule has 4 rings (SSSR count). The van der Waals surface area contributed by atoms with Crippen LogP contribution in [0.1, 0.15) is 11.1 Å². The predicted molar refractivity (Wildman–Crippen MR) is 111 cm³/mol. The van der Waals surface area contributed by atoms with Gasteiger partial charge < -0.3 is 4.74 Å². The molecule has 0 fully saturated rings. The summed E-state index contributed by atoms with van der Waals surface area (Å²) in [6.45, 7) is 4.02. The van der Waals surface area contributed by atoms with Crippen LogP contribution in [0.3, 0.4) is 0 Å². The Morgan fingerprint density at radius 1 is 0.857 bits per heavy atom. The Morgan fingerprint density at radius 2 is 1.54 bits per heavy atom. The van der Waals surface area contributed by atoms with Crippen LogP contribution < -0.4 is 4.74 Å². The summed E-state index contributed by atoms with van der Waals surface area (Å²) in [4.78, 5) is 0. The van der Waals surface area contributed by atoms with Gasteiger partial charge in [-0.05, 0) is 37.1 Å². The first kappa shape index (κ1) is 21.5. The van der Waals surface area contributed by atoms with Gasteiger partial charge in [0.15, 0.2) is 0 Å². The number of hydrogen-bond acceptors (Lipinski definition) is 3. The molecular formula is C24H22N2NiO. The second kappa shape index (κ2) is 10.5. The van der Waals surface area contributed by atoms with Crippen LogP contribution in [0.25, 0.3) is 10.8 Å². The Kier molecular flexibility index (Phi) is 8.04. The number of fused-ring (bicyclic) bond motifs is 1. The molecule has 4 aromatic rings. The van der Waals surface area contributed by atoms with Crippen molar-refractivity contribution < 1.29 is 21.2 Å². The van der Waals surface area contributed by atoms with Gasteiger partial charge in [0.2, 0.25) is 0 Å². The third kappa shape index (κ3) is 5.58. The zero-order valence-electron chi connectivity index (χ0n) is 16.1. The van der Waals surface area contributed by atoms with E-state index in [4.69, 9.17) is 4.74 Å². The first-order valence-corrected chi connectivity index (χ1v) is 8.82. The van der Waals surface area contributed by atoms with Crippen LogP contribution in [-0.2, 0) is 16.5 Å². The zero-order valence-corrected chi connectivity index (χ0v) is 17.1. The number of rotatable bonds is 3. The minimum absolute atomic E-state index is 0. The third-order valence-corrected chi connectivity index (χ3v) is 4.16. The average molecular weight is 413 g/mol. The van der Waals surface area contributed by atoms with Crippen LogP contribution in [0, 0.1) is 19.9 Å². The molecule has 0 aliphatic carbocycles. The molecule has 4 aromatic carbocycles. The maximum Gasteiger partial charge on any atom is 2.00 e. The van der Waals surface area contributed by atoms with Crippen LogP contribution in [0.4, 0.5) is 11.4 Å². The van der Waals surface area contributed by atoms with E-state index < -0.39 is 0 Å². The maximum absolute atomic E-state index is 5.26. The van der Waals surface area contributed by atoms with E-state index in [2.05, 4.69) is 22.4 Å². The summed E-state index contributed by atoms with van der Waals surface area (Å²) in [5, 5.41) is 10.9. The van der Waals surface area contributed by atoms with Gasteiger partial charge in [-0.15, -0.1) is 41.1 Å². The standard InChI is InChI=1S/C19H17N2O.C5H5.Ni/c1-13-10-18(22-3)11-14(2)19(13)21-20-17-9-8-15-6-4-5-7-16(15)12-17;1-2-4-5-3-1;/h4-11H,1-3H3;1-5H;/q2*-1;+2. The second-order valence-corrected chi connectivity index (χ2v) is 6.20. The summed E-state index contributed by atoms with van der Waals surface area (Å²) in [5.74, 6) is 0.839. The zero-order chi connectivity index (χ0) is 19.1. The number of methoxy groups -OCH3 is 1. The first-order chi connectivity index (χ1) is 13.2. The number of nitrogens with zero attached hydrogens (tertiary/aromatic N) is 2. The normalized spacial score (nSPS) is 10.2. The van der Waals surface area contributed by atoms with E-state index in [9.17, 15) is 0 Å². The molecule has 0 spiro atoms. The van der Waals surface area contributed by atoms with Gasteiger partial charge in [0.05, 0.1) is 12.8 Å². The Labute approximate surface area is 176 Å². The number of ether oxygens (including phenoxy) is 1. The molecule has 0 amide bonds. The van der Waals surface area contributed by atoms with Crippen LogP contribution >= 0.6 is 0 Å². The largest absolute Gasteiger partial charge is 2.00 e. The first-order valence-electron chi connectivity index (χ1n) is 8.82. The molecule has 144 valence electrons. The summed E-state index contributed by atoms with van der Waals surface area (Å²) in [6, 6.07) is 29.3. The van der Waals surface area contributed by atoms with Crippen LogP contribution in [0.5, 0.6) is 5.75 Å². The molecule has 0 unspecified atom stereocenters. The van der Waals surface area contributed by atoms with E-state index in [1.165, 1.54) is 0 Å². The molecule has 4 heteroatoms. The van der Waals surface area contributed by atoms with E-state index in [0.29, 0.717) is 0 Å². The molecule has 0 radical (unpaired) electrons. The molecule has 0 saturated heterocycles. The minimum atomic E-state index is 0. The molecule has 0 saturated carbocycles. The predicted octanol–water partition coefficient (Wildman–Crippen LogP) is 7.08. The summed E-state index contributed by atoms with van der Waals surface area (Å²) >= 11 is 0. The third-order valence-electron chi connectivity index (χ3n) is 4.16. The van der Waals surface area contributed by atoms with Crippen molar-refractivity contribution in [2.24, 2.45) is 10.2 Å². The maximum atomic E-state index is 5.26. The topological polar surface area (TPSA) is 34.0 Å². The van der Waals surface area contributed by atoms with E-state index in [-0.39, 0.29) is 16.5 Å². The van der Waals surface area contributed by atoms with Gasteiger partial charge in [-0.1, -0.05) is 12.1 Å². The van der Waals surface area contributed by atoms with Gasteiger partial charge in [-0.3, -0.25) is 0 Å². The van der Waals surface area contributed by atoms with Crippen molar-refractivity contribution in [1.82, 2.24) is 0 Å². The SMILES string of the molecule is COc1cc(C)c(N=Nc2[c-]c3ccccc3cc2)c(C)c1.[Ni+2].c1cc[cH-]c1. The molecule has 0 aromatic heterocycles. The molecule has 0 atom stereocenters. The summed E-state index contributed by atoms with van der Waals surface area (Å²) < 4.78 is 5.26. The number of azo groups is 1. The van der Waals surface area contributed by atoms with Crippen LogP contribution in [0.15, 0.2) is 89.1 Å². The molecule has 0 bridgehead atoms. The molecule has 0 aliphatic rings. The Morgan fingerprint density at radius 3 is 2.14 bits per heavy atom. The molecule has 0 heterocycles. The van der Waals surface area contributed by atoms with Crippen molar-refractivity contribution in [3.63, 3.8) is 0 Å². The van der Waals surface area contributed by atoms with Crippen LogP contribution in [-0.4, -0.2) is 7.11 Å². The second-order valence-electron chi connectivity index (χ2n) is 6.20. The fraction of sp³-hybridized carbons (Fsp3) is 0.125. The molecule has 28 heavy (non-hydrogen) atoms. The quantitative estimate of drug-likeness (QED) is 0.201. The van der Waals surface area contributed by atoms with Crippen molar-refractivity contribution in [1.29, 1.82) is 0 Å². The van der Waals surface area contributed by atoms with Crippen molar-refractivity contribution in [2.75, 3.05) is 7.11 Å². The van der Waals surface area contributed by atoms with Crippen molar-refractivity contribution >= 4 is 22.1 Å². The van der Waals surface area contributed by atoms with Gasteiger partial charge >= 0.3 is 16.5 Å². The molecular weight excluding hydrogens is 391 g/mol. The van der Waals surface area contributed by atoms with E-state index in [1.54, 1.807) is 7.11 Å². The average Bonchev–Trinajstić information content (AvgIpc) is 3.27. The van der Waals surface area contributed by atoms with Crippen molar-refractivity contribution in [3.05, 3.63) is 96.1 Å². The fourth-order valence-corrected chi connectivity index (χ4v) is 2.78. The van der Waals surface area contributed by atoms with Gasteiger partial charge in [0.25, 0.3) is 0 Å². The van der Waals surface area contributed by atoms with E-state index in [1.807, 2.05) is 86.6 Å². The van der Waals surface area contributed by atoms with Gasteiger partial charge in [-0.25, -0.2) is 12.1 Å². The smallest absolute Gasteiger partial charge is 0.497 e. The number of benzene rings is 3. The Hall–Kier alpha value is -2.84.